The normalized spacial score (nSPS) is 13.1. The molecular weight excluding hydrogens is 416 g/mol. The number of benzene rings is 3. The molecule has 1 aliphatic rings. The highest BCUT2D eigenvalue weighted by Crippen LogP contribution is 2.37. The average Bonchev–Trinajstić information content (AvgIpc) is 2.76. The molecule has 1 N–H and O–H groups in total. The number of nitrogens with one attached hydrogen (secondary N) is 1. The van der Waals surface area contributed by atoms with Crippen LogP contribution in [0.25, 0.3) is 0 Å². The summed E-state index contributed by atoms with van der Waals surface area (Å²) in [5.41, 5.74) is 3.45. The van der Waals surface area contributed by atoms with Crippen molar-refractivity contribution in [2.45, 2.75) is 17.9 Å². The van der Waals surface area contributed by atoms with E-state index >= 15 is 0 Å². The van der Waals surface area contributed by atoms with Gasteiger partial charge in [0.15, 0.2) is 0 Å². The zero-order valence-electron chi connectivity index (χ0n) is 16.3. The summed E-state index contributed by atoms with van der Waals surface area (Å²) in [6.07, 6.45) is 0.771. The second-order valence-corrected chi connectivity index (χ2v) is 8.53. The van der Waals surface area contributed by atoms with Crippen molar-refractivity contribution in [1.29, 1.82) is 0 Å². The fourth-order valence-corrected chi connectivity index (χ4v) is 4.53. The maximum Gasteiger partial charge on any atom is 0.251 e. The van der Waals surface area contributed by atoms with Crippen molar-refractivity contribution in [3.8, 4) is 0 Å². The van der Waals surface area contributed by atoms with Crippen molar-refractivity contribution in [2.24, 2.45) is 0 Å². The first kappa shape index (κ1) is 20.5. The van der Waals surface area contributed by atoms with Gasteiger partial charge in [0.2, 0.25) is 5.91 Å². The summed E-state index contributed by atoms with van der Waals surface area (Å²) >= 11 is 7.60. The van der Waals surface area contributed by atoms with Gasteiger partial charge in [-0.15, -0.1) is 11.8 Å². The van der Waals surface area contributed by atoms with Crippen molar-refractivity contribution >= 4 is 40.9 Å². The number of rotatable bonds is 6. The molecule has 3 aromatic carbocycles. The second-order valence-electron chi connectivity index (χ2n) is 7.07. The van der Waals surface area contributed by atoms with Crippen LogP contribution in [-0.2, 0) is 17.8 Å². The quantitative estimate of drug-likeness (QED) is 0.594. The average molecular weight is 437 g/mol. The molecule has 3 aromatic rings. The van der Waals surface area contributed by atoms with Crippen LogP contribution in [0.4, 0.5) is 5.69 Å². The van der Waals surface area contributed by atoms with Gasteiger partial charge < -0.3 is 10.2 Å². The van der Waals surface area contributed by atoms with Crippen LogP contribution in [0.3, 0.4) is 0 Å². The first-order chi connectivity index (χ1) is 14.6. The standard InChI is InChI=1S/C24H21ClN2O2S/c25-20-8-4-7-18(13-20)15-27-21-14-19(9-10-22(21)30-16-23(27)28)24(29)26-12-11-17-5-2-1-3-6-17/h1-10,13-14H,11-12,15-16H2,(H,26,29). The molecule has 1 heterocycles. The Kier molecular flexibility index (Phi) is 6.41. The molecule has 0 saturated heterocycles. The van der Waals surface area contributed by atoms with E-state index in [1.54, 1.807) is 4.90 Å². The number of hydrogen-bond donors (Lipinski definition) is 1. The van der Waals surface area contributed by atoms with E-state index in [0.29, 0.717) is 29.4 Å². The SMILES string of the molecule is O=C(NCCc1ccccc1)c1ccc2c(c1)N(Cc1cccc(Cl)c1)C(=O)CS2. The third kappa shape index (κ3) is 4.86. The van der Waals surface area contributed by atoms with Crippen LogP contribution >= 0.6 is 23.4 Å². The van der Waals surface area contributed by atoms with Crippen molar-refractivity contribution in [1.82, 2.24) is 5.32 Å². The van der Waals surface area contributed by atoms with Gasteiger partial charge in [-0.25, -0.2) is 0 Å². The maximum atomic E-state index is 12.7. The third-order valence-corrected chi connectivity index (χ3v) is 6.22. The van der Waals surface area contributed by atoms with Gasteiger partial charge >= 0.3 is 0 Å². The molecule has 30 heavy (non-hydrogen) atoms. The Bertz CT molecular complexity index is 1070. The molecule has 0 atom stereocenters. The lowest BCUT2D eigenvalue weighted by Gasteiger charge is -2.29. The number of anilines is 1. The van der Waals surface area contributed by atoms with Gasteiger partial charge in [-0.2, -0.15) is 0 Å². The van der Waals surface area contributed by atoms with Crippen LogP contribution in [0.2, 0.25) is 5.02 Å². The minimum Gasteiger partial charge on any atom is -0.352 e. The molecular formula is C24H21ClN2O2S. The highest BCUT2D eigenvalue weighted by molar-refractivity contribution is 8.00. The van der Waals surface area contributed by atoms with Crippen LogP contribution < -0.4 is 10.2 Å². The Hall–Kier alpha value is -2.76. The van der Waals surface area contributed by atoms with E-state index < -0.39 is 0 Å². The van der Waals surface area contributed by atoms with Gasteiger partial charge in [0.1, 0.15) is 0 Å². The van der Waals surface area contributed by atoms with E-state index in [-0.39, 0.29) is 11.8 Å². The molecule has 2 amide bonds. The van der Waals surface area contributed by atoms with Crippen molar-refractivity contribution in [3.63, 3.8) is 0 Å². The van der Waals surface area contributed by atoms with Gasteiger partial charge in [0.25, 0.3) is 5.91 Å². The zero-order chi connectivity index (χ0) is 20.9. The van der Waals surface area contributed by atoms with E-state index in [9.17, 15) is 9.59 Å². The predicted octanol–water partition coefficient (Wildman–Crippen LogP) is 4.95. The molecule has 0 radical (unpaired) electrons. The van der Waals surface area contributed by atoms with Gasteiger partial charge in [-0.1, -0.05) is 54.1 Å². The molecule has 6 heteroatoms. The summed E-state index contributed by atoms with van der Waals surface area (Å²) in [4.78, 5) is 28.0. The molecule has 0 aliphatic carbocycles. The highest BCUT2D eigenvalue weighted by atomic mass is 35.5. The molecule has 1 aliphatic heterocycles. The number of thioether (sulfide) groups is 1. The fraction of sp³-hybridized carbons (Fsp3) is 0.167. The number of amides is 2. The first-order valence-electron chi connectivity index (χ1n) is 9.74. The van der Waals surface area contributed by atoms with Crippen LogP contribution in [0.15, 0.2) is 77.7 Å². The van der Waals surface area contributed by atoms with E-state index in [2.05, 4.69) is 5.32 Å². The van der Waals surface area contributed by atoms with Gasteiger partial charge in [0.05, 0.1) is 18.0 Å². The van der Waals surface area contributed by atoms with Crippen molar-refractivity contribution in [3.05, 3.63) is 94.5 Å². The Labute approximate surface area is 185 Å². The summed E-state index contributed by atoms with van der Waals surface area (Å²) in [7, 11) is 0. The summed E-state index contributed by atoms with van der Waals surface area (Å²) in [5, 5.41) is 3.61. The van der Waals surface area contributed by atoms with E-state index in [1.165, 1.54) is 17.3 Å². The number of halogens is 1. The number of hydrogen-bond acceptors (Lipinski definition) is 3. The topological polar surface area (TPSA) is 49.4 Å². The number of carbonyl (C=O) groups excluding carboxylic acids is 2. The number of carbonyl (C=O) groups is 2. The zero-order valence-corrected chi connectivity index (χ0v) is 17.9. The molecule has 0 bridgehead atoms. The van der Waals surface area contributed by atoms with Gasteiger partial charge in [-0.3, -0.25) is 9.59 Å². The molecule has 152 valence electrons. The van der Waals surface area contributed by atoms with Crippen molar-refractivity contribution in [2.75, 3.05) is 17.2 Å². The Morgan fingerprint density at radius 3 is 2.60 bits per heavy atom. The van der Waals surface area contributed by atoms with E-state index in [4.69, 9.17) is 11.6 Å². The van der Waals surface area contributed by atoms with Crippen LogP contribution in [0.1, 0.15) is 21.5 Å². The third-order valence-electron chi connectivity index (χ3n) is 4.94. The Morgan fingerprint density at radius 1 is 1.00 bits per heavy atom. The minimum atomic E-state index is -0.139. The smallest absolute Gasteiger partial charge is 0.251 e. The Balaban J connectivity index is 1.49. The maximum absolute atomic E-state index is 12.7. The van der Waals surface area contributed by atoms with E-state index in [1.807, 2.05) is 72.8 Å². The van der Waals surface area contributed by atoms with Crippen LogP contribution in [-0.4, -0.2) is 24.1 Å². The minimum absolute atomic E-state index is 0.0223. The van der Waals surface area contributed by atoms with Gasteiger partial charge in [-0.05, 0) is 47.9 Å². The lowest BCUT2D eigenvalue weighted by molar-refractivity contribution is -0.116. The van der Waals surface area contributed by atoms with Crippen LogP contribution in [0, 0.1) is 0 Å². The number of fused-ring (bicyclic) bond motifs is 1. The van der Waals surface area contributed by atoms with Gasteiger partial charge in [0, 0.05) is 22.0 Å². The highest BCUT2D eigenvalue weighted by Gasteiger charge is 2.26. The largest absolute Gasteiger partial charge is 0.352 e. The monoisotopic (exact) mass is 436 g/mol. The summed E-state index contributed by atoms with van der Waals surface area (Å²) < 4.78 is 0. The lowest BCUT2D eigenvalue weighted by atomic mass is 10.1. The summed E-state index contributed by atoms with van der Waals surface area (Å²) in [6.45, 7) is 0.978. The molecule has 0 aromatic heterocycles. The Morgan fingerprint density at radius 2 is 1.80 bits per heavy atom. The molecule has 0 saturated carbocycles. The summed E-state index contributed by atoms with van der Waals surface area (Å²) in [5.74, 6) is 0.268. The molecule has 0 unspecified atom stereocenters. The fourth-order valence-electron chi connectivity index (χ4n) is 3.40. The molecule has 4 rings (SSSR count). The predicted molar refractivity (Wildman–Crippen MR) is 122 cm³/mol. The molecule has 0 fully saturated rings. The van der Waals surface area contributed by atoms with Crippen LogP contribution in [0.5, 0.6) is 0 Å². The lowest BCUT2D eigenvalue weighted by Crippen LogP contribution is -2.35. The molecule has 0 spiro atoms. The molecule has 4 nitrogen and oxygen atoms in total. The van der Waals surface area contributed by atoms with Crippen molar-refractivity contribution < 1.29 is 9.59 Å². The summed E-state index contributed by atoms with van der Waals surface area (Å²) in [6, 6.07) is 23.1. The second kappa shape index (κ2) is 9.37. The number of nitrogens with zero attached hydrogens (tertiary/aromatic N) is 1. The first-order valence-corrected chi connectivity index (χ1v) is 11.1. The van der Waals surface area contributed by atoms with E-state index in [0.717, 1.165) is 22.6 Å².